The van der Waals surface area contributed by atoms with Gasteiger partial charge in [-0.3, -0.25) is 4.90 Å². The number of carbonyl (C=O) groups is 1. The first kappa shape index (κ1) is 18.2. The lowest BCUT2D eigenvalue weighted by Crippen LogP contribution is -2.37. The predicted octanol–water partition coefficient (Wildman–Crippen LogP) is 4.78. The van der Waals surface area contributed by atoms with Crippen LogP contribution in [0.2, 0.25) is 0 Å². The molecule has 0 radical (unpaired) electrons. The number of cyclic esters (lactones) is 1. The van der Waals surface area contributed by atoms with E-state index in [1.807, 2.05) is 12.1 Å². The van der Waals surface area contributed by atoms with Gasteiger partial charge in [0.2, 0.25) is 5.95 Å². The maximum absolute atomic E-state index is 12.2. The van der Waals surface area contributed by atoms with E-state index in [0.29, 0.717) is 18.4 Å². The minimum absolute atomic E-state index is 0.00720. The standard InChI is InChI=1S/C22H24N4O2/c1-14(2)19-13-28-22(27)26(19)20-11-12-23-21(25-20)24-15(3)17-10-6-8-16-7-4-5-9-18(16)17/h4-12,14-15,19H,13H2,1-3H3,(H,23,24,25)/t15-,19+/m0/s1. The fourth-order valence-corrected chi connectivity index (χ4v) is 3.64. The van der Waals surface area contributed by atoms with Gasteiger partial charge in [0.05, 0.1) is 12.1 Å². The fourth-order valence-electron chi connectivity index (χ4n) is 3.64. The molecule has 6 heteroatoms. The smallest absolute Gasteiger partial charge is 0.415 e. The van der Waals surface area contributed by atoms with Crippen LogP contribution in [0, 0.1) is 5.92 Å². The summed E-state index contributed by atoms with van der Waals surface area (Å²) in [5.74, 6) is 1.32. The maximum atomic E-state index is 12.2. The number of benzene rings is 2. The summed E-state index contributed by atoms with van der Waals surface area (Å²) in [5, 5.41) is 5.77. The van der Waals surface area contributed by atoms with Crippen molar-refractivity contribution in [2.24, 2.45) is 5.92 Å². The van der Waals surface area contributed by atoms with Crippen LogP contribution in [-0.4, -0.2) is 28.7 Å². The van der Waals surface area contributed by atoms with Crippen molar-refractivity contribution in [1.29, 1.82) is 0 Å². The second-order valence-electron chi connectivity index (χ2n) is 7.43. The Morgan fingerprint density at radius 1 is 1.11 bits per heavy atom. The van der Waals surface area contributed by atoms with Crippen LogP contribution in [0.15, 0.2) is 54.7 Å². The van der Waals surface area contributed by atoms with Crippen molar-refractivity contribution >= 4 is 28.6 Å². The van der Waals surface area contributed by atoms with E-state index in [4.69, 9.17) is 4.74 Å². The Bertz CT molecular complexity index is 999. The number of fused-ring (bicyclic) bond motifs is 1. The Labute approximate surface area is 164 Å². The zero-order chi connectivity index (χ0) is 19.7. The molecular formula is C22H24N4O2. The zero-order valence-corrected chi connectivity index (χ0v) is 16.3. The molecule has 144 valence electrons. The first-order valence-electron chi connectivity index (χ1n) is 9.58. The molecule has 2 atom stereocenters. The van der Waals surface area contributed by atoms with Gasteiger partial charge in [-0.1, -0.05) is 56.3 Å². The minimum atomic E-state index is -0.356. The van der Waals surface area contributed by atoms with E-state index in [9.17, 15) is 4.79 Å². The molecule has 28 heavy (non-hydrogen) atoms. The molecule has 0 saturated carbocycles. The van der Waals surface area contributed by atoms with Gasteiger partial charge in [-0.15, -0.1) is 0 Å². The number of carbonyl (C=O) groups excluding carboxylic acids is 1. The van der Waals surface area contributed by atoms with E-state index in [0.717, 1.165) is 0 Å². The Kier molecular flexibility index (Phi) is 4.86. The van der Waals surface area contributed by atoms with Crippen LogP contribution >= 0.6 is 0 Å². The second kappa shape index (κ2) is 7.46. The van der Waals surface area contributed by atoms with Gasteiger partial charge in [-0.25, -0.2) is 9.78 Å². The van der Waals surface area contributed by atoms with Crippen molar-refractivity contribution in [2.75, 3.05) is 16.8 Å². The molecule has 4 rings (SSSR count). The molecule has 0 spiro atoms. The first-order chi connectivity index (χ1) is 13.5. The van der Waals surface area contributed by atoms with E-state index >= 15 is 0 Å². The Morgan fingerprint density at radius 3 is 2.71 bits per heavy atom. The van der Waals surface area contributed by atoms with Crippen molar-refractivity contribution in [2.45, 2.75) is 32.9 Å². The van der Waals surface area contributed by atoms with Crippen LogP contribution in [0.3, 0.4) is 0 Å². The summed E-state index contributed by atoms with van der Waals surface area (Å²) >= 11 is 0. The van der Waals surface area contributed by atoms with Crippen LogP contribution in [0.25, 0.3) is 10.8 Å². The molecule has 2 aromatic carbocycles. The summed E-state index contributed by atoms with van der Waals surface area (Å²) in [6.07, 6.45) is 1.31. The van der Waals surface area contributed by atoms with Crippen molar-refractivity contribution in [3.8, 4) is 0 Å². The molecule has 0 bridgehead atoms. The van der Waals surface area contributed by atoms with Gasteiger partial charge in [0.15, 0.2) is 0 Å². The lowest BCUT2D eigenvalue weighted by atomic mass is 10.00. The average Bonchev–Trinajstić information content (AvgIpc) is 3.09. The summed E-state index contributed by atoms with van der Waals surface area (Å²) in [6.45, 7) is 6.61. The monoisotopic (exact) mass is 376 g/mol. The third kappa shape index (κ3) is 3.38. The molecule has 1 N–H and O–H groups in total. The van der Waals surface area contributed by atoms with Gasteiger partial charge >= 0.3 is 6.09 Å². The Balaban J connectivity index is 1.61. The summed E-state index contributed by atoms with van der Waals surface area (Å²) < 4.78 is 5.24. The van der Waals surface area contributed by atoms with Gasteiger partial charge in [0, 0.05) is 6.20 Å². The molecule has 6 nitrogen and oxygen atoms in total. The van der Waals surface area contributed by atoms with Crippen LogP contribution in [0.5, 0.6) is 0 Å². The highest BCUT2D eigenvalue weighted by atomic mass is 16.6. The van der Waals surface area contributed by atoms with Crippen molar-refractivity contribution in [1.82, 2.24) is 9.97 Å². The Hall–Kier alpha value is -3.15. The Morgan fingerprint density at radius 2 is 1.89 bits per heavy atom. The maximum Gasteiger partial charge on any atom is 0.415 e. The van der Waals surface area contributed by atoms with Crippen LogP contribution in [0.4, 0.5) is 16.6 Å². The highest BCUT2D eigenvalue weighted by Gasteiger charge is 2.37. The molecule has 3 aromatic rings. The molecule has 0 aliphatic carbocycles. The van der Waals surface area contributed by atoms with Crippen molar-refractivity contribution < 1.29 is 9.53 Å². The SMILES string of the molecule is CC(C)[C@H]1COC(=O)N1c1ccnc(N[C@@H](C)c2cccc3ccccc23)n1. The van der Waals surface area contributed by atoms with Gasteiger partial charge < -0.3 is 10.1 Å². The van der Waals surface area contributed by atoms with Gasteiger partial charge in [0.1, 0.15) is 12.4 Å². The van der Waals surface area contributed by atoms with Crippen LogP contribution in [0.1, 0.15) is 32.4 Å². The number of nitrogens with zero attached hydrogens (tertiary/aromatic N) is 3. The van der Waals surface area contributed by atoms with Gasteiger partial charge in [-0.2, -0.15) is 4.98 Å². The summed E-state index contributed by atoms with van der Waals surface area (Å²) in [5.41, 5.74) is 1.17. The van der Waals surface area contributed by atoms with E-state index < -0.39 is 0 Å². The first-order valence-corrected chi connectivity index (χ1v) is 9.58. The number of nitrogens with one attached hydrogen (secondary N) is 1. The molecule has 1 saturated heterocycles. The lowest BCUT2D eigenvalue weighted by Gasteiger charge is -2.24. The topological polar surface area (TPSA) is 67.3 Å². The van der Waals surface area contributed by atoms with Crippen molar-refractivity contribution in [3.05, 3.63) is 60.3 Å². The fraction of sp³-hybridized carbons (Fsp3) is 0.318. The quantitative estimate of drug-likeness (QED) is 0.694. The lowest BCUT2D eigenvalue weighted by molar-refractivity contribution is 0.177. The molecule has 1 aliphatic rings. The molecule has 1 aliphatic heterocycles. The highest BCUT2D eigenvalue weighted by Crippen LogP contribution is 2.28. The average molecular weight is 376 g/mol. The largest absolute Gasteiger partial charge is 0.447 e. The summed E-state index contributed by atoms with van der Waals surface area (Å²) in [4.78, 5) is 22.8. The van der Waals surface area contributed by atoms with Gasteiger partial charge in [0.25, 0.3) is 0 Å². The summed E-state index contributed by atoms with van der Waals surface area (Å²) in [6, 6.07) is 16.3. The van der Waals surface area contributed by atoms with Gasteiger partial charge in [-0.05, 0) is 35.2 Å². The van der Waals surface area contributed by atoms with Crippen molar-refractivity contribution in [3.63, 3.8) is 0 Å². The number of hydrogen-bond acceptors (Lipinski definition) is 5. The molecule has 2 heterocycles. The normalized spacial score (nSPS) is 17.8. The number of aromatic nitrogens is 2. The number of anilines is 2. The minimum Gasteiger partial charge on any atom is -0.447 e. The third-order valence-corrected chi connectivity index (χ3v) is 5.20. The van der Waals surface area contributed by atoms with Crippen LogP contribution < -0.4 is 10.2 Å². The molecular weight excluding hydrogens is 352 g/mol. The zero-order valence-electron chi connectivity index (χ0n) is 16.3. The van der Waals surface area contributed by atoms with E-state index in [2.05, 4.69) is 66.4 Å². The number of rotatable bonds is 5. The number of amides is 1. The predicted molar refractivity (Wildman–Crippen MR) is 110 cm³/mol. The summed E-state index contributed by atoms with van der Waals surface area (Å²) in [7, 11) is 0. The molecule has 1 amide bonds. The van der Waals surface area contributed by atoms with E-state index in [-0.39, 0.29) is 24.1 Å². The number of hydrogen-bond donors (Lipinski definition) is 1. The highest BCUT2D eigenvalue weighted by molar-refractivity contribution is 5.89. The van der Waals surface area contributed by atoms with E-state index in [1.54, 1.807) is 17.2 Å². The third-order valence-electron chi connectivity index (χ3n) is 5.20. The van der Waals surface area contributed by atoms with Crippen LogP contribution in [-0.2, 0) is 4.74 Å². The molecule has 1 aromatic heterocycles. The number of ether oxygens (including phenoxy) is 1. The molecule has 1 fully saturated rings. The van der Waals surface area contributed by atoms with E-state index in [1.165, 1.54) is 16.3 Å². The second-order valence-corrected chi connectivity index (χ2v) is 7.43. The molecule has 0 unspecified atom stereocenters.